The van der Waals surface area contributed by atoms with Crippen molar-refractivity contribution >= 4 is 0 Å². The molecule has 1 unspecified atom stereocenters. The standard InChI is InChI=1S/C15H14F2O3/c1-19-11-5-10(6-12(8-11)20-2)15(18)9-3-4-13(16)14(17)7-9/h3-8,15,18H,1-2H3. The van der Waals surface area contributed by atoms with E-state index in [1.165, 1.54) is 20.3 Å². The number of ether oxygens (including phenoxy) is 2. The molecular weight excluding hydrogens is 266 g/mol. The molecule has 2 rings (SSSR count). The van der Waals surface area contributed by atoms with Crippen molar-refractivity contribution in [2.24, 2.45) is 0 Å². The van der Waals surface area contributed by atoms with Crippen LogP contribution in [-0.2, 0) is 0 Å². The molecule has 0 aliphatic rings. The molecule has 1 N–H and O–H groups in total. The third kappa shape index (κ3) is 2.88. The summed E-state index contributed by atoms with van der Waals surface area (Å²) in [5.74, 6) is -0.956. The van der Waals surface area contributed by atoms with Crippen molar-refractivity contribution in [3.05, 3.63) is 59.2 Å². The zero-order chi connectivity index (χ0) is 14.7. The average molecular weight is 280 g/mol. The van der Waals surface area contributed by atoms with Gasteiger partial charge in [-0.3, -0.25) is 0 Å². The zero-order valence-electron chi connectivity index (χ0n) is 11.1. The summed E-state index contributed by atoms with van der Waals surface area (Å²) in [7, 11) is 2.98. The lowest BCUT2D eigenvalue weighted by molar-refractivity contribution is 0.218. The Hall–Kier alpha value is -2.14. The van der Waals surface area contributed by atoms with E-state index >= 15 is 0 Å². The van der Waals surface area contributed by atoms with Crippen molar-refractivity contribution in [2.75, 3.05) is 14.2 Å². The van der Waals surface area contributed by atoms with Crippen LogP contribution in [0.5, 0.6) is 11.5 Å². The number of hydrogen-bond donors (Lipinski definition) is 1. The van der Waals surface area contributed by atoms with Crippen LogP contribution in [0.4, 0.5) is 8.78 Å². The van der Waals surface area contributed by atoms with E-state index in [0.717, 1.165) is 12.1 Å². The van der Waals surface area contributed by atoms with Crippen LogP contribution in [-0.4, -0.2) is 19.3 Å². The lowest BCUT2D eigenvalue weighted by atomic mass is 10.0. The first-order valence-electron chi connectivity index (χ1n) is 5.91. The fourth-order valence-corrected chi connectivity index (χ4v) is 1.86. The number of aliphatic hydroxyl groups is 1. The van der Waals surface area contributed by atoms with E-state index in [4.69, 9.17) is 9.47 Å². The molecule has 2 aromatic rings. The second kappa shape index (κ2) is 5.88. The minimum Gasteiger partial charge on any atom is -0.497 e. The molecule has 3 nitrogen and oxygen atoms in total. The molecule has 20 heavy (non-hydrogen) atoms. The molecular formula is C15H14F2O3. The number of halogens is 2. The van der Waals surface area contributed by atoms with Gasteiger partial charge in [-0.05, 0) is 35.4 Å². The van der Waals surface area contributed by atoms with Gasteiger partial charge in [-0.25, -0.2) is 8.78 Å². The molecule has 0 aliphatic carbocycles. The summed E-state index contributed by atoms with van der Waals surface area (Å²) in [6.07, 6.45) is -1.10. The second-order valence-corrected chi connectivity index (χ2v) is 4.22. The Balaban J connectivity index is 2.41. The molecule has 0 amide bonds. The Labute approximate surface area is 115 Å². The fraction of sp³-hybridized carbons (Fsp3) is 0.200. The maximum atomic E-state index is 13.2. The van der Waals surface area contributed by atoms with Gasteiger partial charge in [0.2, 0.25) is 0 Å². The summed E-state index contributed by atoms with van der Waals surface area (Å²) in [6.45, 7) is 0. The molecule has 0 bridgehead atoms. The number of hydrogen-bond acceptors (Lipinski definition) is 3. The average Bonchev–Trinajstić information content (AvgIpc) is 2.48. The van der Waals surface area contributed by atoms with Gasteiger partial charge in [-0.15, -0.1) is 0 Å². The summed E-state index contributed by atoms with van der Waals surface area (Å²) in [4.78, 5) is 0. The lowest BCUT2D eigenvalue weighted by Gasteiger charge is -2.14. The molecule has 106 valence electrons. The van der Waals surface area contributed by atoms with Crippen LogP contribution in [0.15, 0.2) is 36.4 Å². The summed E-state index contributed by atoms with van der Waals surface area (Å²) < 4.78 is 36.3. The fourth-order valence-electron chi connectivity index (χ4n) is 1.86. The molecule has 1 atom stereocenters. The Kier molecular flexibility index (Phi) is 4.20. The highest BCUT2D eigenvalue weighted by atomic mass is 19.2. The largest absolute Gasteiger partial charge is 0.497 e. The molecule has 0 radical (unpaired) electrons. The molecule has 0 saturated heterocycles. The Morgan fingerprint density at radius 2 is 1.45 bits per heavy atom. The Morgan fingerprint density at radius 3 is 1.95 bits per heavy atom. The third-order valence-electron chi connectivity index (χ3n) is 2.95. The van der Waals surface area contributed by atoms with Gasteiger partial charge in [0.05, 0.1) is 14.2 Å². The van der Waals surface area contributed by atoms with Gasteiger partial charge >= 0.3 is 0 Å². The van der Waals surface area contributed by atoms with Crippen LogP contribution in [0.25, 0.3) is 0 Å². The number of rotatable bonds is 4. The normalized spacial score (nSPS) is 12.1. The molecule has 5 heteroatoms. The molecule has 0 heterocycles. The highest BCUT2D eigenvalue weighted by molar-refractivity contribution is 5.42. The van der Waals surface area contributed by atoms with Gasteiger partial charge in [0.15, 0.2) is 11.6 Å². The highest BCUT2D eigenvalue weighted by Gasteiger charge is 2.15. The summed E-state index contributed by atoms with van der Waals surface area (Å²) in [5, 5.41) is 10.2. The minimum absolute atomic E-state index is 0.249. The third-order valence-corrected chi connectivity index (χ3v) is 2.95. The summed E-state index contributed by atoms with van der Waals surface area (Å²) in [5.41, 5.74) is 0.714. The molecule has 2 aromatic carbocycles. The van der Waals surface area contributed by atoms with Gasteiger partial charge in [0.1, 0.15) is 17.6 Å². The summed E-state index contributed by atoms with van der Waals surface area (Å²) >= 11 is 0. The predicted octanol–water partition coefficient (Wildman–Crippen LogP) is 3.06. The topological polar surface area (TPSA) is 38.7 Å². The van der Waals surface area contributed by atoms with Crippen LogP contribution in [0.2, 0.25) is 0 Å². The van der Waals surface area contributed by atoms with Gasteiger partial charge < -0.3 is 14.6 Å². The number of methoxy groups -OCH3 is 2. The Bertz CT molecular complexity index is 592. The van der Waals surface area contributed by atoms with E-state index in [2.05, 4.69) is 0 Å². The molecule has 0 saturated carbocycles. The second-order valence-electron chi connectivity index (χ2n) is 4.22. The highest BCUT2D eigenvalue weighted by Crippen LogP contribution is 2.30. The van der Waals surface area contributed by atoms with E-state index < -0.39 is 17.7 Å². The van der Waals surface area contributed by atoms with Crippen LogP contribution < -0.4 is 9.47 Å². The van der Waals surface area contributed by atoms with Crippen molar-refractivity contribution in [3.8, 4) is 11.5 Å². The van der Waals surface area contributed by atoms with Crippen molar-refractivity contribution < 1.29 is 23.4 Å². The van der Waals surface area contributed by atoms with Crippen molar-refractivity contribution in [2.45, 2.75) is 6.10 Å². The van der Waals surface area contributed by atoms with Gasteiger partial charge in [-0.1, -0.05) is 6.07 Å². The molecule has 0 spiro atoms. The SMILES string of the molecule is COc1cc(OC)cc(C(O)c2ccc(F)c(F)c2)c1. The van der Waals surface area contributed by atoms with Crippen LogP contribution in [0, 0.1) is 11.6 Å². The first-order chi connectivity index (χ1) is 9.55. The Morgan fingerprint density at radius 1 is 0.850 bits per heavy atom. The van der Waals surface area contributed by atoms with Crippen LogP contribution in [0.1, 0.15) is 17.2 Å². The van der Waals surface area contributed by atoms with Crippen molar-refractivity contribution in [1.82, 2.24) is 0 Å². The van der Waals surface area contributed by atoms with E-state index in [9.17, 15) is 13.9 Å². The maximum Gasteiger partial charge on any atom is 0.159 e. The van der Waals surface area contributed by atoms with Crippen LogP contribution >= 0.6 is 0 Å². The van der Waals surface area contributed by atoms with Crippen molar-refractivity contribution in [1.29, 1.82) is 0 Å². The predicted molar refractivity (Wildman–Crippen MR) is 70.0 cm³/mol. The quantitative estimate of drug-likeness (QED) is 0.935. The molecule has 0 aromatic heterocycles. The van der Waals surface area contributed by atoms with E-state index in [1.807, 2.05) is 0 Å². The number of benzene rings is 2. The first-order valence-corrected chi connectivity index (χ1v) is 5.91. The van der Waals surface area contributed by atoms with E-state index in [1.54, 1.807) is 18.2 Å². The number of aliphatic hydroxyl groups excluding tert-OH is 1. The lowest BCUT2D eigenvalue weighted by Crippen LogP contribution is -2.02. The smallest absolute Gasteiger partial charge is 0.159 e. The molecule has 0 aliphatic heterocycles. The summed E-state index contributed by atoms with van der Waals surface area (Å²) in [6, 6.07) is 8.14. The van der Waals surface area contributed by atoms with Crippen molar-refractivity contribution in [3.63, 3.8) is 0 Å². The van der Waals surface area contributed by atoms with Gasteiger partial charge in [-0.2, -0.15) is 0 Å². The minimum atomic E-state index is -1.10. The van der Waals surface area contributed by atoms with E-state index in [-0.39, 0.29) is 5.56 Å². The van der Waals surface area contributed by atoms with E-state index in [0.29, 0.717) is 17.1 Å². The maximum absolute atomic E-state index is 13.2. The van der Waals surface area contributed by atoms with Gasteiger partial charge in [0.25, 0.3) is 0 Å². The zero-order valence-corrected chi connectivity index (χ0v) is 11.1. The molecule has 0 fully saturated rings. The van der Waals surface area contributed by atoms with Gasteiger partial charge in [0, 0.05) is 6.07 Å². The monoisotopic (exact) mass is 280 g/mol. The van der Waals surface area contributed by atoms with Crippen LogP contribution in [0.3, 0.4) is 0 Å². The first kappa shape index (κ1) is 14.3.